The number of aromatic nitrogens is 2. The van der Waals surface area contributed by atoms with Gasteiger partial charge in [-0.25, -0.2) is 4.68 Å². The molecule has 1 amide bonds. The van der Waals surface area contributed by atoms with Gasteiger partial charge in [0.15, 0.2) is 5.60 Å². The Balaban J connectivity index is 1.62. The molecule has 28 heavy (non-hydrogen) atoms. The van der Waals surface area contributed by atoms with E-state index in [4.69, 9.17) is 9.31 Å². The molecule has 2 aliphatic heterocycles. The largest absolute Gasteiger partial charge is 0.494 e. The van der Waals surface area contributed by atoms with Crippen molar-refractivity contribution in [2.24, 2.45) is 0 Å². The first-order valence-corrected chi connectivity index (χ1v) is 9.53. The van der Waals surface area contributed by atoms with Crippen molar-refractivity contribution >= 4 is 18.5 Å². The fourth-order valence-electron chi connectivity index (χ4n) is 3.59. The highest BCUT2D eigenvalue weighted by Crippen LogP contribution is 2.36. The predicted molar refractivity (Wildman–Crippen MR) is 105 cm³/mol. The lowest BCUT2D eigenvalue weighted by molar-refractivity contribution is -0.143. The van der Waals surface area contributed by atoms with Crippen molar-refractivity contribution in [2.45, 2.75) is 50.9 Å². The van der Waals surface area contributed by atoms with Gasteiger partial charge in [-0.15, -0.1) is 0 Å². The molecule has 0 saturated carbocycles. The van der Waals surface area contributed by atoms with Gasteiger partial charge >= 0.3 is 7.12 Å². The number of nitrogens with zero attached hydrogens (tertiary/aromatic N) is 3. The molecule has 2 fully saturated rings. The molecule has 1 N–H and O–H groups in total. The van der Waals surface area contributed by atoms with E-state index in [2.05, 4.69) is 5.10 Å². The van der Waals surface area contributed by atoms with Gasteiger partial charge in [-0.1, -0.05) is 12.1 Å². The fourth-order valence-corrected chi connectivity index (χ4v) is 3.59. The zero-order valence-electron chi connectivity index (χ0n) is 17.0. The number of carbonyl (C=O) groups is 1. The summed E-state index contributed by atoms with van der Waals surface area (Å²) in [6.45, 7) is 8.61. The zero-order chi connectivity index (χ0) is 20.3. The molecule has 1 aromatic heterocycles. The summed E-state index contributed by atoms with van der Waals surface area (Å²) in [7, 11) is 1.23. The number of likely N-dealkylation sites (N-methyl/N-ethyl adjacent to an activating group) is 1. The topological polar surface area (TPSA) is 76.8 Å². The summed E-state index contributed by atoms with van der Waals surface area (Å²) in [6, 6.07) is 7.74. The van der Waals surface area contributed by atoms with Crippen LogP contribution >= 0.6 is 0 Å². The van der Waals surface area contributed by atoms with Gasteiger partial charge in [-0.2, -0.15) is 5.10 Å². The first kappa shape index (κ1) is 19.2. The molecule has 0 aliphatic carbocycles. The Morgan fingerprint density at radius 3 is 2.46 bits per heavy atom. The first-order chi connectivity index (χ1) is 13.0. The molecular formula is C20H26BN3O4. The monoisotopic (exact) mass is 383 g/mol. The molecule has 3 heterocycles. The third-order valence-corrected chi connectivity index (χ3v) is 6.23. The van der Waals surface area contributed by atoms with E-state index in [1.54, 1.807) is 24.1 Å². The van der Waals surface area contributed by atoms with Crippen LogP contribution in [0.15, 0.2) is 36.7 Å². The van der Waals surface area contributed by atoms with Crippen molar-refractivity contribution in [3.63, 3.8) is 0 Å². The Bertz CT molecular complexity index is 910. The maximum atomic E-state index is 12.3. The number of amides is 1. The number of hydrogen-bond donors (Lipinski definition) is 1. The number of benzene rings is 1. The zero-order valence-corrected chi connectivity index (χ0v) is 17.0. The van der Waals surface area contributed by atoms with E-state index in [9.17, 15) is 9.90 Å². The minimum atomic E-state index is -1.50. The summed E-state index contributed by atoms with van der Waals surface area (Å²) in [4.78, 5) is 13.9. The van der Waals surface area contributed by atoms with Crippen molar-refractivity contribution in [3.05, 3.63) is 42.2 Å². The van der Waals surface area contributed by atoms with Gasteiger partial charge in [-0.3, -0.25) is 4.79 Å². The summed E-state index contributed by atoms with van der Waals surface area (Å²) in [5.41, 5.74) is -0.126. The molecule has 148 valence electrons. The highest BCUT2D eigenvalue weighted by Gasteiger charge is 2.51. The standard InChI is InChI=1S/C20H26BN3O4/c1-18(2)19(3,4)28-21(27-18)15-7-6-8-16(11-15)24-13-14(12-22-24)20(26)9-10-23(5)17(20)25/h6-8,11-13,26H,9-10H2,1-5H3. The molecule has 0 radical (unpaired) electrons. The van der Waals surface area contributed by atoms with Gasteiger partial charge in [0.25, 0.3) is 5.91 Å². The SMILES string of the molecule is CN1CCC(O)(c2cnn(-c3cccc(B4OC(C)(C)C(C)(C)O4)c3)c2)C1=O. The Morgan fingerprint density at radius 1 is 1.18 bits per heavy atom. The van der Waals surface area contributed by atoms with Gasteiger partial charge in [0.1, 0.15) is 0 Å². The van der Waals surface area contributed by atoms with Crippen LogP contribution in [0.5, 0.6) is 0 Å². The van der Waals surface area contributed by atoms with Crippen LogP contribution < -0.4 is 5.46 Å². The van der Waals surface area contributed by atoms with Crippen LogP contribution in [0.2, 0.25) is 0 Å². The molecule has 8 heteroatoms. The quantitative estimate of drug-likeness (QED) is 0.807. The first-order valence-electron chi connectivity index (χ1n) is 9.53. The van der Waals surface area contributed by atoms with E-state index >= 15 is 0 Å². The van der Waals surface area contributed by atoms with E-state index in [-0.39, 0.29) is 5.91 Å². The lowest BCUT2D eigenvalue weighted by Gasteiger charge is -2.32. The van der Waals surface area contributed by atoms with E-state index in [1.807, 2.05) is 52.0 Å². The molecule has 1 unspecified atom stereocenters. The summed E-state index contributed by atoms with van der Waals surface area (Å²) in [5.74, 6) is -0.294. The number of hydrogen-bond acceptors (Lipinski definition) is 5. The maximum absolute atomic E-state index is 12.3. The smallest absolute Gasteiger partial charge is 0.399 e. The normalized spacial score (nSPS) is 26.3. The van der Waals surface area contributed by atoms with Crippen LogP contribution in [-0.2, 0) is 19.7 Å². The van der Waals surface area contributed by atoms with Crippen molar-refractivity contribution in [2.75, 3.05) is 13.6 Å². The lowest BCUT2D eigenvalue weighted by Crippen LogP contribution is -2.41. The second-order valence-electron chi connectivity index (χ2n) is 8.69. The predicted octanol–water partition coefficient (Wildman–Crippen LogP) is 1.22. The van der Waals surface area contributed by atoms with Crippen molar-refractivity contribution in [1.29, 1.82) is 0 Å². The van der Waals surface area contributed by atoms with E-state index in [0.717, 1.165) is 11.2 Å². The van der Waals surface area contributed by atoms with Crippen LogP contribution in [-0.4, -0.2) is 57.6 Å². The highest BCUT2D eigenvalue weighted by molar-refractivity contribution is 6.62. The van der Waals surface area contributed by atoms with E-state index in [1.165, 1.54) is 4.90 Å². The van der Waals surface area contributed by atoms with Gasteiger partial charge in [0.05, 0.1) is 23.1 Å². The van der Waals surface area contributed by atoms with Crippen molar-refractivity contribution in [1.82, 2.24) is 14.7 Å². The second-order valence-corrected chi connectivity index (χ2v) is 8.69. The minimum absolute atomic E-state index is 0.294. The number of aliphatic hydroxyl groups is 1. The maximum Gasteiger partial charge on any atom is 0.494 e. The van der Waals surface area contributed by atoms with E-state index < -0.39 is 23.9 Å². The Hall–Kier alpha value is -2.16. The van der Waals surface area contributed by atoms with E-state index in [0.29, 0.717) is 18.5 Å². The molecular weight excluding hydrogens is 357 g/mol. The molecule has 2 saturated heterocycles. The second kappa shape index (κ2) is 6.17. The molecule has 0 bridgehead atoms. The van der Waals surface area contributed by atoms with Crippen molar-refractivity contribution < 1.29 is 19.2 Å². The minimum Gasteiger partial charge on any atom is -0.399 e. The molecule has 4 rings (SSSR count). The van der Waals surface area contributed by atoms with Crippen LogP contribution in [0.1, 0.15) is 39.7 Å². The summed E-state index contributed by atoms with van der Waals surface area (Å²) < 4.78 is 13.9. The fraction of sp³-hybridized carbons (Fsp3) is 0.500. The molecule has 2 aromatic rings. The number of likely N-dealkylation sites (tertiary alicyclic amines) is 1. The molecule has 1 aromatic carbocycles. The van der Waals surface area contributed by atoms with Gasteiger partial charge in [0.2, 0.25) is 0 Å². The Kier molecular flexibility index (Phi) is 4.23. The summed E-state index contributed by atoms with van der Waals surface area (Å²) >= 11 is 0. The Morgan fingerprint density at radius 2 is 1.86 bits per heavy atom. The molecule has 2 aliphatic rings. The number of rotatable bonds is 3. The third kappa shape index (κ3) is 2.87. The van der Waals surface area contributed by atoms with Crippen LogP contribution in [0.3, 0.4) is 0 Å². The van der Waals surface area contributed by atoms with Gasteiger partial charge in [0, 0.05) is 31.8 Å². The lowest BCUT2D eigenvalue weighted by atomic mass is 9.79. The van der Waals surface area contributed by atoms with Gasteiger partial charge in [-0.05, 0) is 45.3 Å². The third-order valence-electron chi connectivity index (χ3n) is 6.23. The average Bonchev–Trinajstić information content (AvgIpc) is 3.29. The Labute approximate surface area is 165 Å². The highest BCUT2D eigenvalue weighted by atomic mass is 16.7. The van der Waals surface area contributed by atoms with Crippen LogP contribution in [0, 0.1) is 0 Å². The van der Waals surface area contributed by atoms with Crippen molar-refractivity contribution in [3.8, 4) is 5.69 Å². The van der Waals surface area contributed by atoms with Gasteiger partial charge < -0.3 is 19.3 Å². The molecule has 1 atom stereocenters. The number of carbonyl (C=O) groups excluding carboxylic acids is 1. The molecule has 0 spiro atoms. The summed E-state index contributed by atoms with van der Waals surface area (Å²) in [6.07, 6.45) is 3.63. The molecule has 7 nitrogen and oxygen atoms in total. The van der Waals surface area contributed by atoms with Crippen LogP contribution in [0.25, 0.3) is 5.69 Å². The average molecular weight is 383 g/mol. The van der Waals surface area contributed by atoms with Crippen LogP contribution in [0.4, 0.5) is 0 Å². The summed E-state index contributed by atoms with van der Waals surface area (Å²) in [5, 5.41) is 15.2.